The Balaban J connectivity index is 0.00000461. The number of aromatic nitrogens is 3. The minimum atomic E-state index is -0.274. The van der Waals surface area contributed by atoms with Gasteiger partial charge in [0.2, 0.25) is 0 Å². The number of nitrogens with zero attached hydrogens (tertiary/aromatic N) is 3. The van der Waals surface area contributed by atoms with E-state index in [1.165, 1.54) is 5.69 Å². The monoisotopic (exact) mass is 694 g/mol. The molecule has 9 heteroatoms. The van der Waals surface area contributed by atoms with E-state index < -0.39 is 0 Å². The van der Waals surface area contributed by atoms with Crippen LogP contribution in [0.4, 0.5) is 0 Å². The lowest BCUT2D eigenvalue weighted by Gasteiger charge is -2.16. The summed E-state index contributed by atoms with van der Waals surface area (Å²) in [6.07, 6.45) is 3.18. The summed E-state index contributed by atoms with van der Waals surface area (Å²) in [6.45, 7) is 8.60. The lowest BCUT2D eigenvalue weighted by atomic mass is 9.93. The van der Waals surface area contributed by atoms with E-state index in [4.69, 9.17) is 14.6 Å². The molecule has 0 atom stereocenters. The average Bonchev–Trinajstić information content (AvgIpc) is 3.52. The van der Waals surface area contributed by atoms with Gasteiger partial charge in [-0.2, -0.15) is 5.10 Å². The SMILES string of the molecule is CCOC(=O)c1c(CCCOc2cccc3ccccc23)c2ccc(C)c(-c3c(CBr)nn(C)c3CC)c2n1CCCNC.Cl. The molecule has 0 radical (unpaired) electrons. The molecule has 7 nitrogen and oxygen atoms in total. The third-order valence-electron chi connectivity index (χ3n) is 8.34. The molecule has 45 heavy (non-hydrogen) atoms. The van der Waals surface area contributed by atoms with E-state index in [0.717, 1.165) is 81.2 Å². The van der Waals surface area contributed by atoms with Crippen molar-refractivity contribution in [2.24, 2.45) is 7.05 Å². The van der Waals surface area contributed by atoms with E-state index in [1.54, 1.807) is 0 Å². The Hall–Kier alpha value is -3.33. The minimum Gasteiger partial charge on any atom is -0.493 e. The van der Waals surface area contributed by atoms with Gasteiger partial charge in [0.05, 0.1) is 24.4 Å². The maximum absolute atomic E-state index is 13.8. The zero-order chi connectivity index (χ0) is 31.2. The van der Waals surface area contributed by atoms with Gasteiger partial charge >= 0.3 is 5.97 Å². The smallest absolute Gasteiger partial charge is 0.355 e. The number of alkyl halides is 1. The fourth-order valence-corrected chi connectivity index (χ4v) is 6.81. The molecule has 0 saturated heterocycles. The van der Waals surface area contributed by atoms with Crippen LogP contribution in [0.2, 0.25) is 0 Å². The molecule has 2 heterocycles. The van der Waals surface area contributed by atoms with Crippen molar-refractivity contribution >= 4 is 56.0 Å². The summed E-state index contributed by atoms with van der Waals surface area (Å²) >= 11 is 3.70. The molecule has 0 bridgehead atoms. The molecule has 0 fully saturated rings. The van der Waals surface area contributed by atoms with Crippen molar-refractivity contribution in [2.45, 2.75) is 58.3 Å². The van der Waals surface area contributed by atoms with Crippen LogP contribution in [0.5, 0.6) is 5.75 Å². The summed E-state index contributed by atoms with van der Waals surface area (Å²) in [5, 5.41) is 12.2. The van der Waals surface area contributed by atoms with Crippen molar-refractivity contribution in [3.63, 3.8) is 0 Å². The van der Waals surface area contributed by atoms with E-state index in [-0.39, 0.29) is 18.4 Å². The number of carbonyl (C=O) groups is 1. The van der Waals surface area contributed by atoms with E-state index in [2.05, 4.69) is 70.0 Å². The number of ether oxygens (including phenoxy) is 2. The Kier molecular flexibility index (Phi) is 12.1. The molecular weight excluding hydrogens is 652 g/mol. The van der Waals surface area contributed by atoms with Gasteiger partial charge in [0.1, 0.15) is 11.4 Å². The van der Waals surface area contributed by atoms with Crippen LogP contribution in [-0.2, 0) is 36.5 Å². The summed E-state index contributed by atoms with van der Waals surface area (Å²) in [6, 6.07) is 18.8. The van der Waals surface area contributed by atoms with E-state index in [0.29, 0.717) is 37.2 Å². The largest absolute Gasteiger partial charge is 0.493 e. The Morgan fingerprint density at radius 3 is 2.51 bits per heavy atom. The van der Waals surface area contributed by atoms with Crippen molar-refractivity contribution in [1.82, 2.24) is 19.7 Å². The molecule has 5 aromatic rings. The number of hydrogen-bond donors (Lipinski definition) is 1. The maximum Gasteiger partial charge on any atom is 0.355 e. The van der Waals surface area contributed by atoms with Crippen LogP contribution in [0.3, 0.4) is 0 Å². The summed E-state index contributed by atoms with van der Waals surface area (Å²) in [5.41, 5.74) is 8.41. The van der Waals surface area contributed by atoms with Crippen molar-refractivity contribution in [3.8, 4) is 16.9 Å². The molecule has 0 amide bonds. The Labute approximate surface area is 280 Å². The molecule has 0 aliphatic heterocycles. The van der Waals surface area contributed by atoms with Crippen molar-refractivity contribution in [2.75, 3.05) is 26.8 Å². The highest BCUT2D eigenvalue weighted by Gasteiger charge is 2.28. The van der Waals surface area contributed by atoms with Crippen LogP contribution in [-0.4, -0.2) is 47.1 Å². The van der Waals surface area contributed by atoms with Crippen molar-refractivity contribution in [1.29, 1.82) is 0 Å². The molecule has 2 aromatic heterocycles. The van der Waals surface area contributed by atoms with Gasteiger partial charge in [0, 0.05) is 46.5 Å². The number of benzene rings is 3. The van der Waals surface area contributed by atoms with Gasteiger partial charge in [-0.05, 0) is 75.7 Å². The number of esters is 1. The second-order valence-corrected chi connectivity index (χ2v) is 11.7. The fourth-order valence-electron chi connectivity index (χ4n) is 6.42. The molecular formula is C36H44BrClN4O3. The van der Waals surface area contributed by atoms with Crippen LogP contribution in [0.15, 0.2) is 54.6 Å². The molecule has 0 saturated carbocycles. The van der Waals surface area contributed by atoms with Crippen LogP contribution >= 0.6 is 28.3 Å². The molecule has 0 spiro atoms. The quantitative estimate of drug-likeness (QED) is 0.0721. The molecule has 3 aromatic carbocycles. The molecule has 0 aliphatic rings. The second-order valence-electron chi connectivity index (χ2n) is 11.1. The zero-order valence-electron chi connectivity index (χ0n) is 26.9. The number of fused-ring (bicyclic) bond motifs is 2. The highest BCUT2D eigenvalue weighted by molar-refractivity contribution is 9.08. The Bertz CT molecular complexity index is 1770. The Morgan fingerprint density at radius 2 is 1.78 bits per heavy atom. The highest BCUT2D eigenvalue weighted by atomic mass is 79.9. The standard InChI is InChI=1S/C36H43BrN4O3.ClH/c1-6-30-33(29(23-37)39-40(30)5)32-24(3)18-19-28-27(35(36(42)43-7-2)41(34(28)32)21-12-20-38-4)16-11-22-44-31-17-10-14-25-13-8-9-15-26(25)31;/h8-10,13-15,17-19,38H,6-7,11-12,16,20-23H2,1-5H3;1H. The Morgan fingerprint density at radius 1 is 1.00 bits per heavy atom. The number of rotatable bonds is 14. The topological polar surface area (TPSA) is 70.3 Å². The highest BCUT2D eigenvalue weighted by Crippen LogP contribution is 2.41. The maximum atomic E-state index is 13.8. The first-order valence-corrected chi connectivity index (χ1v) is 16.7. The molecule has 5 rings (SSSR count). The number of halogens is 2. The molecule has 240 valence electrons. The predicted molar refractivity (Wildman–Crippen MR) is 190 cm³/mol. The van der Waals surface area contributed by atoms with Gasteiger partial charge in [0.25, 0.3) is 0 Å². The second kappa shape index (κ2) is 15.8. The summed E-state index contributed by atoms with van der Waals surface area (Å²) in [7, 11) is 3.98. The minimum absolute atomic E-state index is 0. The van der Waals surface area contributed by atoms with Crippen LogP contribution < -0.4 is 10.1 Å². The lowest BCUT2D eigenvalue weighted by molar-refractivity contribution is 0.0512. The zero-order valence-corrected chi connectivity index (χ0v) is 29.3. The van der Waals surface area contributed by atoms with Gasteiger partial charge in [0.15, 0.2) is 0 Å². The first-order valence-electron chi connectivity index (χ1n) is 15.6. The van der Waals surface area contributed by atoms with Crippen molar-refractivity contribution < 1.29 is 14.3 Å². The summed E-state index contributed by atoms with van der Waals surface area (Å²) in [4.78, 5) is 13.8. The number of hydrogen-bond acceptors (Lipinski definition) is 5. The van der Waals surface area contributed by atoms with E-state index in [9.17, 15) is 4.79 Å². The lowest BCUT2D eigenvalue weighted by Crippen LogP contribution is -2.17. The van der Waals surface area contributed by atoms with Crippen LogP contribution in [0.25, 0.3) is 32.8 Å². The van der Waals surface area contributed by atoms with Crippen molar-refractivity contribution in [3.05, 3.63) is 82.8 Å². The van der Waals surface area contributed by atoms with Crippen LogP contribution in [0, 0.1) is 6.92 Å². The van der Waals surface area contributed by atoms with Gasteiger partial charge < -0.3 is 19.4 Å². The average molecular weight is 696 g/mol. The number of nitrogens with one attached hydrogen (secondary N) is 1. The number of aryl methyl sites for hydroxylation is 4. The molecule has 0 aliphatic carbocycles. The molecule has 1 N–H and O–H groups in total. The summed E-state index contributed by atoms with van der Waals surface area (Å²) in [5.74, 6) is 0.608. The first-order chi connectivity index (χ1) is 21.4. The third-order valence-corrected chi connectivity index (χ3v) is 8.87. The van der Waals surface area contributed by atoms with Gasteiger partial charge in [-0.1, -0.05) is 71.4 Å². The van der Waals surface area contributed by atoms with E-state index >= 15 is 0 Å². The van der Waals surface area contributed by atoms with Gasteiger partial charge in [-0.3, -0.25) is 4.68 Å². The normalized spacial score (nSPS) is 11.2. The molecule has 0 unspecified atom stereocenters. The van der Waals surface area contributed by atoms with E-state index in [1.807, 2.05) is 50.0 Å². The van der Waals surface area contributed by atoms with Gasteiger partial charge in [-0.25, -0.2) is 4.79 Å². The fraction of sp³-hybridized carbons (Fsp3) is 0.389. The third kappa shape index (κ3) is 6.93. The van der Waals surface area contributed by atoms with Gasteiger partial charge in [-0.15, -0.1) is 12.4 Å². The van der Waals surface area contributed by atoms with Crippen LogP contribution in [0.1, 0.15) is 59.7 Å². The predicted octanol–water partition coefficient (Wildman–Crippen LogP) is 8.18. The first kappa shape index (κ1) is 34.5. The number of carbonyl (C=O) groups excluding carboxylic acids is 1. The summed E-state index contributed by atoms with van der Waals surface area (Å²) < 4.78 is 16.2.